The van der Waals surface area contributed by atoms with Gasteiger partial charge in [0.1, 0.15) is 10.1 Å². The van der Waals surface area contributed by atoms with Crippen molar-refractivity contribution >= 4 is 61.4 Å². The minimum absolute atomic E-state index is 0.0330. The molecule has 3 aromatic rings. The van der Waals surface area contributed by atoms with Crippen LogP contribution in [0.2, 0.25) is 0 Å². The van der Waals surface area contributed by atoms with Gasteiger partial charge in [-0.15, -0.1) is 0 Å². The molecule has 2 amide bonds. The molecule has 1 fully saturated rings. The van der Waals surface area contributed by atoms with E-state index in [-0.39, 0.29) is 27.6 Å². The van der Waals surface area contributed by atoms with Gasteiger partial charge in [-0.25, -0.2) is 8.42 Å². The Balaban J connectivity index is 1.58. The van der Waals surface area contributed by atoms with Crippen LogP contribution >= 0.6 is 24.0 Å². The summed E-state index contributed by atoms with van der Waals surface area (Å²) in [7, 11) is -2.78. The SMILES string of the molecule is COc1ccc(S(=O)(=O)N2C(=O)C(=C3SC(=S)N(Cc4ccccc4)C3=O)c3ccccc32)cc1. The molecule has 2 aliphatic heterocycles. The van der Waals surface area contributed by atoms with Crippen molar-refractivity contribution in [3.8, 4) is 5.75 Å². The molecule has 2 heterocycles. The molecule has 0 atom stereocenters. The molecule has 0 saturated carbocycles. The smallest absolute Gasteiger partial charge is 0.274 e. The minimum Gasteiger partial charge on any atom is -0.497 e. The third kappa shape index (κ3) is 3.93. The number of methoxy groups -OCH3 is 1. The lowest BCUT2D eigenvalue weighted by atomic mass is 10.1. The molecule has 0 aliphatic carbocycles. The number of nitrogens with zero attached hydrogens (tertiary/aromatic N) is 2. The number of carbonyl (C=O) groups excluding carboxylic acids is 2. The lowest BCUT2D eigenvalue weighted by Gasteiger charge is -2.17. The third-order valence-corrected chi connectivity index (χ3v) is 8.81. The zero-order valence-electron chi connectivity index (χ0n) is 18.4. The van der Waals surface area contributed by atoms with Gasteiger partial charge in [0.15, 0.2) is 0 Å². The topological polar surface area (TPSA) is 84.0 Å². The minimum atomic E-state index is -4.25. The summed E-state index contributed by atoms with van der Waals surface area (Å²) in [5, 5.41) is 0. The van der Waals surface area contributed by atoms with Crippen LogP contribution in [0.5, 0.6) is 5.75 Å². The van der Waals surface area contributed by atoms with E-state index in [1.54, 1.807) is 24.3 Å². The van der Waals surface area contributed by atoms with Gasteiger partial charge in [-0.05, 0) is 35.9 Å². The predicted octanol–water partition coefficient (Wildman–Crippen LogP) is 4.20. The zero-order chi connectivity index (χ0) is 24.7. The van der Waals surface area contributed by atoms with Crippen molar-refractivity contribution in [3.63, 3.8) is 0 Å². The number of thioether (sulfide) groups is 1. The first-order valence-corrected chi connectivity index (χ1v) is 13.1. The fraction of sp³-hybridized carbons (Fsp3) is 0.0800. The quantitative estimate of drug-likeness (QED) is 0.367. The molecular weight excluding hydrogens is 504 g/mol. The molecular formula is C25H18N2O5S3. The summed E-state index contributed by atoms with van der Waals surface area (Å²) < 4.78 is 33.2. The highest BCUT2D eigenvalue weighted by molar-refractivity contribution is 8.26. The number of para-hydroxylation sites is 1. The van der Waals surface area contributed by atoms with Crippen molar-refractivity contribution in [3.05, 3.63) is 94.9 Å². The number of thiocarbonyl (C=S) groups is 1. The third-order valence-electron chi connectivity index (χ3n) is 5.65. The highest BCUT2D eigenvalue weighted by Crippen LogP contribution is 2.46. The second-order valence-electron chi connectivity index (χ2n) is 7.72. The van der Waals surface area contributed by atoms with Gasteiger partial charge in [0.25, 0.3) is 21.8 Å². The Kier molecular flexibility index (Phi) is 5.96. The maximum Gasteiger partial charge on any atom is 0.274 e. The number of benzene rings is 3. The first kappa shape index (κ1) is 23.3. The van der Waals surface area contributed by atoms with E-state index in [0.717, 1.165) is 21.6 Å². The average molecular weight is 523 g/mol. The first-order chi connectivity index (χ1) is 16.8. The number of rotatable bonds is 5. The molecule has 0 spiro atoms. The summed E-state index contributed by atoms with van der Waals surface area (Å²) in [6.45, 7) is 0.256. The number of carbonyl (C=O) groups is 2. The average Bonchev–Trinajstić information content (AvgIpc) is 3.32. The molecule has 0 aromatic heterocycles. The van der Waals surface area contributed by atoms with Gasteiger partial charge < -0.3 is 4.74 Å². The number of anilines is 1. The molecule has 1 saturated heterocycles. The van der Waals surface area contributed by atoms with E-state index in [9.17, 15) is 18.0 Å². The number of hydrogen-bond donors (Lipinski definition) is 0. The van der Waals surface area contributed by atoms with Crippen LogP contribution in [0, 0.1) is 0 Å². The Bertz CT molecular complexity index is 1500. The first-order valence-electron chi connectivity index (χ1n) is 10.5. The normalized spacial score (nSPS) is 17.8. The van der Waals surface area contributed by atoms with Crippen molar-refractivity contribution in [2.24, 2.45) is 0 Å². The Morgan fingerprint density at radius 3 is 2.23 bits per heavy atom. The van der Waals surface area contributed by atoms with E-state index < -0.39 is 21.8 Å². The van der Waals surface area contributed by atoms with Crippen molar-refractivity contribution in [1.82, 2.24) is 4.90 Å². The van der Waals surface area contributed by atoms with Crippen LogP contribution in [-0.2, 0) is 26.2 Å². The summed E-state index contributed by atoms with van der Waals surface area (Å²) in [5.41, 5.74) is 1.48. The second-order valence-corrected chi connectivity index (χ2v) is 11.1. The van der Waals surface area contributed by atoms with Gasteiger partial charge in [0, 0.05) is 5.56 Å². The van der Waals surface area contributed by atoms with Crippen LogP contribution < -0.4 is 9.04 Å². The Hall–Kier alpha value is -3.47. The lowest BCUT2D eigenvalue weighted by Crippen LogP contribution is -2.34. The fourth-order valence-electron chi connectivity index (χ4n) is 3.95. The van der Waals surface area contributed by atoms with Crippen LogP contribution in [0.3, 0.4) is 0 Å². The van der Waals surface area contributed by atoms with E-state index in [0.29, 0.717) is 15.6 Å². The van der Waals surface area contributed by atoms with Gasteiger partial charge in [-0.3, -0.25) is 14.5 Å². The van der Waals surface area contributed by atoms with E-state index in [2.05, 4.69) is 0 Å². The Labute approximate surface area is 212 Å². The number of hydrogen-bond acceptors (Lipinski definition) is 7. The van der Waals surface area contributed by atoms with E-state index >= 15 is 0 Å². The summed E-state index contributed by atoms with van der Waals surface area (Å²) in [6, 6.07) is 21.7. The van der Waals surface area contributed by atoms with E-state index in [4.69, 9.17) is 17.0 Å². The lowest BCUT2D eigenvalue weighted by molar-refractivity contribution is -0.122. The van der Waals surface area contributed by atoms with Crippen LogP contribution in [0.15, 0.2) is 88.7 Å². The van der Waals surface area contributed by atoms with Crippen LogP contribution in [0.25, 0.3) is 5.57 Å². The second kappa shape index (κ2) is 8.95. The highest BCUT2D eigenvalue weighted by Gasteiger charge is 2.46. The zero-order valence-corrected chi connectivity index (χ0v) is 20.8. The predicted molar refractivity (Wildman–Crippen MR) is 138 cm³/mol. The molecule has 3 aromatic carbocycles. The molecule has 2 aliphatic rings. The fourth-order valence-corrected chi connectivity index (χ4v) is 6.70. The van der Waals surface area contributed by atoms with Gasteiger partial charge in [0.2, 0.25) is 0 Å². The molecule has 0 bridgehead atoms. The highest BCUT2D eigenvalue weighted by atomic mass is 32.2. The summed E-state index contributed by atoms with van der Waals surface area (Å²) in [6.07, 6.45) is 0. The standard InChI is InChI=1S/C25H18N2O5S3/c1-32-17-11-13-18(14-12-17)35(30,31)27-20-10-6-5-9-19(20)21(23(27)28)22-24(29)26(25(33)34-22)15-16-7-3-2-4-8-16/h2-14H,15H2,1H3. The number of sulfonamides is 1. The molecule has 7 nitrogen and oxygen atoms in total. The molecule has 176 valence electrons. The molecule has 0 N–H and O–H groups in total. The van der Waals surface area contributed by atoms with Gasteiger partial charge in [-0.1, -0.05) is 72.5 Å². The van der Waals surface area contributed by atoms with Gasteiger partial charge in [-0.2, -0.15) is 4.31 Å². The molecule has 0 unspecified atom stereocenters. The monoisotopic (exact) mass is 522 g/mol. The molecule has 5 rings (SSSR count). The van der Waals surface area contributed by atoms with Crippen molar-refractivity contribution < 1.29 is 22.7 Å². The maximum absolute atomic E-state index is 13.6. The van der Waals surface area contributed by atoms with Crippen LogP contribution in [0.4, 0.5) is 5.69 Å². The van der Waals surface area contributed by atoms with Gasteiger partial charge >= 0.3 is 0 Å². The van der Waals surface area contributed by atoms with E-state index in [1.165, 1.54) is 36.3 Å². The summed E-state index contributed by atoms with van der Waals surface area (Å²) in [5.74, 6) is -0.729. The van der Waals surface area contributed by atoms with Crippen molar-refractivity contribution in [2.75, 3.05) is 11.4 Å². The summed E-state index contributed by atoms with van der Waals surface area (Å²) in [4.78, 5) is 28.5. The van der Waals surface area contributed by atoms with Crippen LogP contribution in [-0.4, -0.2) is 36.6 Å². The Morgan fingerprint density at radius 2 is 1.54 bits per heavy atom. The van der Waals surface area contributed by atoms with Gasteiger partial charge in [0.05, 0.1) is 34.7 Å². The largest absolute Gasteiger partial charge is 0.497 e. The molecule has 0 radical (unpaired) electrons. The number of fused-ring (bicyclic) bond motifs is 1. The van der Waals surface area contributed by atoms with Crippen molar-refractivity contribution in [1.29, 1.82) is 0 Å². The number of amides is 2. The van der Waals surface area contributed by atoms with Crippen molar-refractivity contribution in [2.45, 2.75) is 11.4 Å². The Morgan fingerprint density at radius 1 is 0.886 bits per heavy atom. The van der Waals surface area contributed by atoms with Crippen LogP contribution in [0.1, 0.15) is 11.1 Å². The van der Waals surface area contributed by atoms with E-state index in [1.807, 2.05) is 30.3 Å². The summed E-state index contributed by atoms with van der Waals surface area (Å²) >= 11 is 6.46. The molecule has 10 heteroatoms. The molecule has 35 heavy (non-hydrogen) atoms. The number of ether oxygens (including phenoxy) is 1. The maximum atomic E-state index is 13.6.